The van der Waals surface area contributed by atoms with Gasteiger partial charge in [0, 0.05) is 42.6 Å². The first-order valence-electron chi connectivity index (χ1n) is 10.5. The molecule has 0 saturated carbocycles. The molecule has 9 heteroatoms. The predicted molar refractivity (Wildman–Crippen MR) is 128 cm³/mol. The van der Waals surface area contributed by atoms with Gasteiger partial charge in [-0.05, 0) is 43.3 Å². The van der Waals surface area contributed by atoms with Crippen LogP contribution < -0.4 is 20.9 Å². The fourth-order valence-corrected chi connectivity index (χ4v) is 3.85. The van der Waals surface area contributed by atoms with E-state index in [4.69, 9.17) is 22.1 Å². The topological polar surface area (TPSA) is 96.6 Å². The first-order valence-corrected chi connectivity index (χ1v) is 10.8. The molecule has 0 spiro atoms. The largest absolute Gasteiger partial charge is 0.462 e. The van der Waals surface area contributed by atoms with Crippen molar-refractivity contribution in [2.24, 2.45) is 0 Å². The molecule has 0 amide bonds. The Balaban J connectivity index is 1.47. The molecule has 0 unspecified atom stereocenters. The number of carbonyl (C=O) groups excluding carboxylic acids is 1. The van der Waals surface area contributed by atoms with Gasteiger partial charge in [-0.1, -0.05) is 23.7 Å². The summed E-state index contributed by atoms with van der Waals surface area (Å²) in [5.74, 6) is 0.813. The number of piperazine rings is 1. The number of hydrogen-bond acceptors (Lipinski definition) is 8. The highest BCUT2D eigenvalue weighted by Crippen LogP contribution is 2.30. The standard InChI is InChI=1S/C23H25ClN6O2/c1-2-32-23(31)16-5-3-7-18(13-16)28-21-20(25)22(27-15-26-21)30-11-9-29(10-12-30)19-8-4-6-17(24)14-19/h3-8,13-15H,2,9-12,25H2,1H3,(H,26,27,28). The maximum absolute atomic E-state index is 12.0. The lowest BCUT2D eigenvalue weighted by Crippen LogP contribution is -2.47. The molecule has 1 saturated heterocycles. The molecule has 4 rings (SSSR count). The first kappa shape index (κ1) is 21.7. The van der Waals surface area contributed by atoms with Gasteiger partial charge >= 0.3 is 5.97 Å². The van der Waals surface area contributed by atoms with E-state index in [1.165, 1.54) is 6.33 Å². The number of nitrogens with two attached hydrogens (primary N) is 1. The van der Waals surface area contributed by atoms with Gasteiger partial charge in [-0.25, -0.2) is 14.8 Å². The molecule has 0 bridgehead atoms. The normalized spacial score (nSPS) is 13.7. The lowest BCUT2D eigenvalue weighted by atomic mass is 10.2. The zero-order valence-electron chi connectivity index (χ0n) is 17.8. The quantitative estimate of drug-likeness (QED) is 0.542. The second-order valence-electron chi connectivity index (χ2n) is 7.34. The summed E-state index contributed by atoms with van der Waals surface area (Å²) in [4.78, 5) is 25.2. The number of rotatable bonds is 6. The van der Waals surface area contributed by atoms with Crippen LogP contribution in [0.15, 0.2) is 54.9 Å². The maximum Gasteiger partial charge on any atom is 0.338 e. The fraction of sp³-hybridized carbons (Fsp3) is 0.261. The Labute approximate surface area is 192 Å². The molecule has 2 aromatic carbocycles. The van der Waals surface area contributed by atoms with Crippen molar-refractivity contribution >= 4 is 46.3 Å². The lowest BCUT2D eigenvalue weighted by molar-refractivity contribution is 0.0526. The first-order chi connectivity index (χ1) is 15.5. The highest BCUT2D eigenvalue weighted by Gasteiger charge is 2.22. The summed E-state index contributed by atoms with van der Waals surface area (Å²) in [7, 11) is 0. The molecule has 0 aliphatic carbocycles. The average Bonchev–Trinajstić information content (AvgIpc) is 2.81. The summed E-state index contributed by atoms with van der Waals surface area (Å²) < 4.78 is 5.07. The van der Waals surface area contributed by atoms with Crippen LogP contribution in [0.2, 0.25) is 5.02 Å². The van der Waals surface area contributed by atoms with Crippen molar-refractivity contribution in [3.05, 3.63) is 65.4 Å². The van der Waals surface area contributed by atoms with Crippen LogP contribution in [0.4, 0.5) is 28.7 Å². The minimum absolute atomic E-state index is 0.323. The van der Waals surface area contributed by atoms with Crippen molar-refractivity contribution in [1.82, 2.24) is 9.97 Å². The van der Waals surface area contributed by atoms with Crippen molar-refractivity contribution in [2.45, 2.75) is 6.92 Å². The number of carbonyl (C=O) groups is 1. The number of aromatic nitrogens is 2. The molecule has 3 aromatic rings. The van der Waals surface area contributed by atoms with E-state index in [1.54, 1.807) is 25.1 Å². The number of hydrogen-bond donors (Lipinski definition) is 2. The molecule has 1 aliphatic rings. The molecule has 1 fully saturated rings. The highest BCUT2D eigenvalue weighted by atomic mass is 35.5. The fourth-order valence-electron chi connectivity index (χ4n) is 3.66. The van der Waals surface area contributed by atoms with Crippen molar-refractivity contribution in [2.75, 3.05) is 53.6 Å². The molecule has 32 heavy (non-hydrogen) atoms. The number of benzene rings is 2. The Kier molecular flexibility index (Phi) is 6.61. The van der Waals surface area contributed by atoms with Crippen LogP contribution in [0, 0.1) is 0 Å². The minimum atomic E-state index is -0.370. The summed E-state index contributed by atoms with van der Waals surface area (Å²) in [6.45, 7) is 5.29. The monoisotopic (exact) mass is 452 g/mol. The number of anilines is 5. The molecule has 8 nitrogen and oxygen atoms in total. The third-order valence-corrected chi connectivity index (χ3v) is 5.49. The molecule has 3 N–H and O–H groups in total. The summed E-state index contributed by atoms with van der Waals surface area (Å²) in [6.07, 6.45) is 1.49. The second kappa shape index (κ2) is 9.74. The molecule has 166 valence electrons. The van der Waals surface area contributed by atoms with Crippen LogP contribution in [0.1, 0.15) is 17.3 Å². The van der Waals surface area contributed by atoms with Gasteiger partial charge < -0.3 is 25.6 Å². The van der Waals surface area contributed by atoms with Crippen LogP contribution >= 0.6 is 11.6 Å². The average molecular weight is 453 g/mol. The molecule has 2 heterocycles. The van der Waals surface area contributed by atoms with Gasteiger partial charge in [0.2, 0.25) is 0 Å². The number of halogens is 1. The zero-order chi connectivity index (χ0) is 22.5. The third kappa shape index (κ3) is 4.86. The Bertz CT molecular complexity index is 1100. The van der Waals surface area contributed by atoms with E-state index < -0.39 is 0 Å². The van der Waals surface area contributed by atoms with Crippen LogP contribution in [-0.4, -0.2) is 48.7 Å². The molecule has 1 aromatic heterocycles. The Hall–Kier alpha value is -3.52. The Morgan fingerprint density at radius 2 is 1.84 bits per heavy atom. The van der Waals surface area contributed by atoms with Crippen molar-refractivity contribution in [1.29, 1.82) is 0 Å². The lowest BCUT2D eigenvalue weighted by Gasteiger charge is -2.37. The van der Waals surface area contributed by atoms with Gasteiger partial charge in [0.15, 0.2) is 11.6 Å². The van der Waals surface area contributed by atoms with E-state index in [2.05, 4.69) is 31.2 Å². The second-order valence-corrected chi connectivity index (χ2v) is 7.78. The van der Waals surface area contributed by atoms with Crippen LogP contribution in [-0.2, 0) is 4.74 Å². The summed E-state index contributed by atoms with van der Waals surface area (Å²) in [5, 5.41) is 3.92. The van der Waals surface area contributed by atoms with Crippen LogP contribution in [0.5, 0.6) is 0 Å². The van der Waals surface area contributed by atoms with E-state index in [0.29, 0.717) is 35.2 Å². The number of ether oxygens (including phenoxy) is 1. The van der Waals surface area contributed by atoms with E-state index >= 15 is 0 Å². The third-order valence-electron chi connectivity index (χ3n) is 5.25. The van der Waals surface area contributed by atoms with Gasteiger partial charge in [0.25, 0.3) is 0 Å². The number of nitrogen functional groups attached to an aromatic ring is 1. The van der Waals surface area contributed by atoms with E-state index in [-0.39, 0.29) is 5.97 Å². The molecular formula is C23H25ClN6O2. The van der Waals surface area contributed by atoms with E-state index in [0.717, 1.165) is 36.9 Å². The Morgan fingerprint density at radius 3 is 2.59 bits per heavy atom. The number of nitrogens with zero attached hydrogens (tertiary/aromatic N) is 4. The van der Waals surface area contributed by atoms with Crippen molar-refractivity contribution in [3.8, 4) is 0 Å². The Morgan fingerprint density at radius 1 is 1.09 bits per heavy atom. The van der Waals surface area contributed by atoms with Gasteiger partial charge in [-0.3, -0.25) is 0 Å². The number of nitrogens with one attached hydrogen (secondary N) is 1. The van der Waals surface area contributed by atoms with Gasteiger partial charge in [0.05, 0.1) is 12.2 Å². The van der Waals surface area contributed by atoms with Gasteiger partial charge in [0.1, 0.15) is 12.0 Å². The molecule has 1 aliphatic heterocycles. The summed E-state index contributed by atoms with van der Waals surface area (Å²) in [5.41, 5.74) is 9.14. The predicted octanol–water partition coefficient (Wildman–Crippen LogP) is 3.96. The summed E-state index contributed by atoms with van der Waals surface area (Å²) in [6, 6.07) is 14.9. The minimum Gasteiger partial charge on any atom is -0.462 e. The van der Waals surface area contributed by atoms with Crippen LogP contribution in [0.3, 0.4) is 0 Å². The van der Waals surface area contributed by atoms with Crippen molar-refractivity contribution in [3.63, 3.8) is 0 Å². The van der Waals surface area contributed by atoms with E-state index in [9.17, 15) is 4.79 Å². The van der Waals surface area contributed by atoms with Gasteiger partial charge in [-0.15, -0.1) is 0 Å². The highest BCUT2D eigenvalue weighted by molar-refractivity contribution is 6.30. The van der Waals surface area contributed by atoms with Gasteiger partial charge in [-0.2, -0.15) is 0 Å². The summed E-state index contributed by atoms with van der Waals surface area (Å²) >= 11 is 6.13. The number of esters is 1. The van der Waals surface area contributed by atoms with E-state index in [1.807, 2.05) is 24.3 Å². The molecule has 0 radical (unpaired) electrons. The van der Waals surface area contributed by atoms with Crippen LogP contribution in [0.25, 0.3) is 0 Å². The zero-order valence-corrected chi connectivity index (χ0v) is 18.5. The SMILES string of the molecule is CCOC(=O)c1cccc(Nc2ncnc(N3CCN(c4cccc(Cl)c4)CC3)c2N)c1. The molecule has 0 atom stereocenters. The smallest absolute Gasteiger partial charge is 0.338 e. The molecular weight excluding hydrogens is 428 g/mol. The van der Waals surface area contributed by atoms with Crippen molar-refractivity contribution < 1.29 is 9.53 Å². The maximum atomic E-state index is 12.0.